The van der Waals surface area contributed by atoms with Gasteiger partial charge in [0.1, 0.15) is 0 Å². The fourth-order valence-electron chi connectivity index (χ4n) is 2.71. The van der Waals surface area contributed by atoms with Gasteiger partial charge in [-0.2, -0.15) is 0 Å². The van der Waals surface area contributed by atoms with Crippen LogP contribution in [-0.4, -0.2) is 37.1 Å². The third kappa shape index (κ3) is 6.42. The van der Waals surface area contributed by atoms with E-state index in [1.54, 1.807) is 0 Å². The van der Waals surface area contributed by atoms with Crippen LogP contribution in [0.25, 0.3) is 0 Å². The fraction of sp³-hybridized carbons (Fsp3) is 1.00. The number of hydrogen-bond donors (Lipinski definition) is 1. The highest BCUT2D eigenvalue weighted by Crippen LogP contribution is 2.17. The second kappa shape index (κ2) is 8.93. The summed E-state index contributed by atoms with van der Waals surface area (Å²) in [5.74, 6) is 0.976. The molecule has 0 radical (unpaired) electrons. The molecular formula is C15H32N2. The molecule has 1 fully saturated rings. The molecule has 0 spiro atoms. The third-order valence-corrected chi connectivity index (χ3v) is 4.06. The Labute approximate surface area is 108 Å². The standard InChI is InChI=1S/C15H32N2/c1-4-5-6-12-17(14(2)3)13-9-15-7-10-16-11-8-15/h14-16H,4-13H2,1-3H3. The summed E-state index contributed by atoms with van der Waals surface area (Å²) in [6.45, 7) is 12.1. The summed E-state index contributed by atoms with van der Waals surface area (Å²) in [4.78, 5) is 2.68. The van der Waals surface area contributed by atoms with Crippen LogP contribution in [0.3, 0.4) is 0 Å². The summed E-state index contributed by atoms with van der Waals surface area (Å²) in [6, 6.07) is 0.716. The summed E-state index contributed by atoms with van der Waals surface area (Å²) >= 11 is 0. The van der Waals surface area contributed by atoms with Gasteiger partial charge in [0.2, 0.25) is 0 Å². The fourth-order valence-corrected chi connectivity index (χ4v) is 2.71. The van der Waals surface area contributed by atoms with Crippen LogP contribution >= 0.6 is 0 Å². The van der Waals surface area contributed by atoms with Crippen LogP contribution in [0, 0.1) is 5.92 Å². The van der Waals surface area contributed by atoms with E-state index in [2.05, 4.69) is 31.0 Å². The molecular weight excluding hydrogens is 208 g/mol. The lowest BCUT2D eigenvalue weighted by Crippen LogP contribution is -2.35. The summed E-state index contributed by atoms with van der Waals surface area (Å²) in [6.07, 6.45) is 8.28. The van der Waals surface area contributed by atoms with Crippen LogP contribution in [0.15, 0.2) is 0 Å². The van der Waals surface area contributed by atoms with Crippen LogP contribution in [-0.2, 0) is 0 Å². The van der Waals surface area contributed by atoms with Gasteiger partial charge in [-0.15, -0.1) is 0 Å². The Morgan fingerprint density at radius 1 is 1.12 bits per heavy atom. The van der Waals surface area contributed by atoms with Crippen molar-refractivity contribution in [1.82, 2.24) is 10.2 Å². The Morgan fingerprint density at radius 2 is 1.82 bits per heavy atom. The molecule has 1 heterocycles. The number of piperidine rings is 1. The molecule has 0 aromatic heterocycles. The number of nitrogens with zero attached hydrogens (tertiary/aromatic N) is 1. The number of rotatable bonds is 8. The van der Waals surface area contributed by atoms with Crippen molar-refractivity contribution in [2.24, 2.45) is 5.92 Å². The minimum Gasteiger partial charge on any atom is -0.317 e. The minimum absolute atomic E-state index is 0.716. The first-order valence-corrected chi connectivity index (χ1v) is 7.68. The van der Waals surface area contributed by atoms with Gasteiger partial charge in [0, 0.05) is 6.04 Å². The molecule has 0 aliphatic carbocycles. The van der Waals surface area contributed by atoms with E-state index < -0.39 is 0 Å². The Bertz CT molecular complexity index is 174. The monoisotopic (exact) mass is 240 g/mol. The lowest BCUT2D eigenvalue weighted by molar-refractivity contribution is 0.192. The Hall–Kier alpha value is -0.0800. The lowest BCUT2D eigenvalue weighted by Gasteiger charge is -2.30. The van der Waals surface area contributed by atoms with Gasteiger partial charge in [-0.3, -0.25) is 0 Å². The minimum atomic E-state index is 0.716. The average Bonchev–Trinajstić information content (AvgIpc) is 2.34. The smallest absolute Gasteiger partial charge is 0.00385 e. The molecule has 0 unspecified atom stereocenters. The van der Waals surface area contributed by atoms with Crippen molar-refractivity contribution in [3.8, 4) is 0 Å². The zero-order valence-corrected chi connectivity index (χ0v) is 12.2. The van der Waals surface area contributed by atoms with E-state index in [1.807, 2.05) is 0 Å². The van der Waals surface area contributed by atoms with Crippen molar-refractivity contribution in [1.29, 1.82) is 0 Å². The summed E-state index contributed by atoms with van der Waals surface area (Å²) in [5.41, 5.74) is 0. The van der Waals surface area contributed by atoms with E-state index in [1.165, 1.54) is 64.7 Å². The maximum atomic E-state index is 3.45. The molecule has 0 saturated carbocycles. The highest BCUT2D eigenvalue weighted by molar-refractivity contribution is 4.71. The van der Waals surface area contributed by atoms with E-state index in [-0.39, 0.29) is 0 Å². The van der Waals surface area contributed by atoms with Crippen LogP contribution < -0.4 is 5.32 Å². The van der Waals surface area contributed by atoms with Crippen molar-refractivity contribution in [2.75, 3.05) is 26.2 Å². The van der Waals surface area contributed by atoms with Gasteiger partial charge in [-0.1, -0.05) is 19.8 Å². The zero-order chi connectivity index (χ0) is 12.5. The Morgan fingerprint density at radius 3 is 2.41 bits per heavy atom. The number of hydrogen-bond acceptors (Lipinski definition) is 2. The molecule has 17 heavy (non-hydrogen) atoms. The zero-order valence-electron chi connectivity index (χ0n) is 12.2. The molecule has 1 aliphatic rings. The summed E-state index contributed by atoms with van der Waals surface area (Å²) in [7, 11) is 0. The Kier molecular flexibility index (Phi) is 7.87. The molecule has 2 nitrogen and oxygen atoms in total. The van der Waals surface area contributed by atoms with Gasteiger partial charge >= 0.3 is 0 Å². The van der Waals surface area contributed by atoms with Gasteiger partial charge in [-0.25, -0.2) is 0 Å². The predicted molar refractivity (Wildman–Crippen MR) is 76.4 cm³/mol. The predicted octanol–water partition coefficient (Wildman–Crippen LogP) is 3.28. The van der Waals surface area contributed by atoms with Crippen molar-refractivity contribution < 1.29 is 0 Å². The van der Waals surface area contributed by atoms with Gasteiger partial charge in [0.15, 0.2) is 0 Å². The molecule has 1 aliphatic heterocycles. The van der Waals surface area contributed by atoms with Crippen LogP contribution in [0.5, 0.6) is 0 Å². The molecule has 1 saturated heterocycles. The van der Waals surface area contributed by atoms with Gasteiger partial charge < -0.3 is 10.2 Å². The second-order valence-electron chi connectivity index (χ2n) is 5.82. The summed E-state index contributed by atoms with van der Waals surface area (Å²) < 4.78 is 0. The first-order chi connectivity index (χ1) is 8.24. The highest BCUT2D eigenvalue weighted by Gasteiger charge is 2.15. The SMILES string of the molecule is CCCCCN(CCC1CCNCC1)C(C)C. The highest BCUT2D eigenvalue weighted by atomic mass is 15.1. The summed E-state index contributed by atoms with van der Waals surface area (Å²) in [5, 5.41) is 3.45. The molecule has 0 aromatic carbocycles. The van der Waals surface area contributed by atoms with Crippen molar-refractivity contribution in [3.63, 3.8) is 0 Å². The maximum absolute atomic E-state index is 3.45. The van der Waals surface area contributed by atoms with Gasteiger partial charge in [-0.05, 0) is 71.6 Å². The van der Waals surface area contributed by atoms with Crippen LogP contribution in [0.2, 0.25) is 0 Å². The van der Waals surface area contributed by atoms with Crippen molar-refractivity contribution in [2.45, 2.75) is 65.3 Å². The molecule has 0 amide bonds. The van der Waals surface area contributed by atoms with E-state index in [0.717, 1.165) is 5.92 Å². The van der Waals surface area contributed by atoms with E-state index >= 15 is 0 Å². The van der Waals surface area contributed by atoms with E-state index in [4.69, 9.17) is 0 Å². The molecule has 102 valence electrons. The second-order valence-corrected chi connectivity index (χ2v) is 5.82. The molecule has 0 aromatic rings. The third-order valence-electron chi connectivity index (χ3n) is 4.06. The van der Waals surface area contributed by atoms with Crippen molar-refractivity contribution >= 4 is 0 Å². The van der Waals surface area contributed by atoms with Crippen LogP contribution in [0.1, 0.15) is 59.3 Å². The average molecular weight is 240 g/mol. The van der Waals surface area contributed by atoms with Crippen molar-refractivity contribution in [3.05, 3.63) is 0 Å². The lowest BCUT2D eigenvalue weighted by atomic mass is 9.94. The Balaban J connectivity index is 2.18. The maximum Gasteiger partial charge on any atom is 0.00385 e. The normalized spacial score (nSPS) is 18.2. The molecule has 1 N–H and O–H groups in total. The first kappa shape index (κ1) is 15.0. The topological polar surface area (TPSA) is 15.3 Å². The first-order valence-electron chi connectivity index (χ1n) is 7.68. The molecule has 0 bridgehead atoms. The van der Waals surface area contributed by atoms with E-state index in [0.29, 0.717) is 6.04 Å². The molecule has 1 rings (SSSR count). The van der Waals surface area contributed by atoms with Gasteiger partial charge in [0.05, 0.1) is 0 Å². The quantitative estimate of drug-likeness (QED) is 0.655. The molecule has 2 heteroatoms. The molecule has 0 atom stereocenters. The number of unbranched alkanes of at least 4 members (excludes halogenated alkanes) is 2. The number of nitrogens with one attached hydrogen (secondary N) is 1. The van der Waals surface area contributed by atoms with Gasteiger partial charge in [0.25, 0.3) is 0 Å². The largest absolute Gasteiger partial charge is 0.317 e. The van der Waals surface area contributed by atoms with Crippen LogP contribution in [0.4, 0.5) is 0 Å². The van der Waals surface area contributed by atoms with E-state index in [9.17, 15) is 0 Å².